The van der Waals surface area contributed by atoms with E-state index in [9.17, 15) is 14.7 Å². The number of hydrogen-bond donors (Lipinski definition) is 2. The van der Waals surface area contributed by atoms with E-state index in [1.54, 1.807) is 18.2 Å². The molecule has 2 aliphatic rings. The van der Waals surface area contributed by atoms with Crippen LogP contribution in [0, 0.1) is 6.92 Å². The van der Waals surface area contributed by atoms with E-state index in [0.717, 1.165) is 5.56 Å². The van der Waals surface area contributed by atoms with E-state index < -0.39 is 23.3 Å². The van der Waals surface area contributed by atoms with Crippen molar-refractivity contribution in [3.63, 3.8) is 0 Å². The van der Waals surface area contributed by atoms with Crippen molar-refractivity contribution in [3.8, 4) is 0 Å². The van der Waals surface area contributed by atoms with Gasteiger partial charge in [0.1, 0.15) is 5.82 Å². The Morgan fingerprint density at radius 3 is 2.76 bits per heavy atom. The molecule has 5 rings (SSSR count). The lowest BCUT2D eigenvalue weighted by Crippen LogP contribution is -2.40. The van der Waals surface area contributed by atoms with Gasteiger partial charge >= 0.3 is 5.97 Å². The van der Waals surface area contributed by atoms with E-state index in [2.05, 4.69) is 10.3 Å². The summed E-state index contributed by atoms with van der Waals surface area (Å²) < 4.78 is 31.5. The highest BCUT2D eigenvalue weighted by molar-refractivity contribution is 5.92. The number of pyridine rings is 1. The molecule has 3 aromatic rings. The predicted molar refractivity (Wildman–Crippen MR) is 119 cm³/mol. The van der Waals surface area contributed by atoms with Crippen LogP contribution in [0.2, 0.25) is 0 Å². The van der Waals surface area contributed by atoms with Crippen molar-refractivity contribution in [1.82, 2.24) is 14.5 Å². The summed E-state index contributed by atoms with van der Waals surface area (Å²) in [5.41, 5.74) is 0.340. The lowest BCUT2D eigenvalue weighted by molar-refractivity contribution is -0.0584. The molecule has 0 unspecified atom stereocenters. The second-order valence-electron chi connectivity index (χ2n) is 9.10. The second-order valence-corrected chi connectivity index (χ2v) is 9.10. The molecular formula is C24H24F2N4O3. The summed E-state index contributed by atoms with van der Waals surface area (Å²) in [6.07, 6.45) is 2.12. The monoisotopic (exact) mass is 454 g/mol. The highest BCUT2D eigenvalue weighted by Crippen LogP contribution is 2.55. The molecule has 33 heavy (non-hydrogen) atoms. The van der Waals surface area contributed by atoms with Crippen LogP contribution in [0.3, 0.4) is 0 Å². The molecule has 0 saturated heterocycles. The SMILES string of the molecule is Cc1cc([C@@H](C)Nc2cccnc2C(=O)O)c2nc3n(c(=O)c2c1)CC[C@@]31CCCC1(F)F. The largest absolute Gasteiger partial charge is 0.476 e. The van der Waals surface area contributed by atoms with Crippen LogP contribution < -0.4 is 10.9 Å². The minimum atomic E-state index is -2.90. The van der Waals surface area contributed by atoms with Gasteiger partial charge in [-0.15, -0.1) is 0 Å². The molecule has 1 aliphatic heterocycles. The van der Waals surface area contributed by atoms with Crippen LogP contribution >= 0.6 is 0 Å². The van der Waals surface area contributed by atoms with E-state index in [4.69, 9.17) is 4.98 Å². The molecule has 1 aliphatic carbocycles. The Balaban J connectivity index is 1.68. The predicted octanol–water partition coefficient (Wildman–Crippen LogP) is 4.43. The molecule has 0 amide bonds. The quantitative estimate of drug-likeness (QED) is 0.605. The van der Waals surface area contributed by atoms with Crippen molar-refractivity contribution in [3.05, 3.63) is 63.5 Å². The summed E-state index contributed by atoms with van der Waals surface area (Å²) in [5, 5.41) is 13.0. The fourth-order valence-electron chi connectivity index (χ4n) is 5.44. The number of hydrogen-bond acceptors (Lipinski definition) is 5. The van der Waals surface area contributed by atoms with E-state index in [1.807, 2.05) is 19.9 Å². The van der Waals surface area contributed by atoms with Crippen molar-refractivity contribution in [2.24, 2.45) is 0 Å². The molecular weight excluding hydrogens is 430 g/mol. The number of benzene rings is 1. The topological polar surface area (TPSA) is 97.1 Å². The van der Waals surface area contributed by atoms with E-state index >= 15 is 8.78 Å². The number of nitrogens with one attached hydrogen (secondary N) is 1. The molecule has 3 heterocycles. The van der Waals surface area contributed by atoms with Gasteiger partial charge in [-0.2, -0.15) is 0 Å². The third-order valence-electron chi connectivity index (χ3n) is 7.07. The molecule has 1 fully saturated rings. The van der Waals surface area contributed by atoms with Crippen LogP contribution in [0.15, 0.2) is 35.3 Å². The van der Waals surface area contributed by atoms with E-state index in [-0.39, 0.29) is 36.5 Å². The smallest absolute Gasteiger partial charge is 0.356 e. The molecule has 1 saturated carbocycles. The zero-order valence-corrected chi connectivity index (χ0v) is 18.4. The number of fused-ring (bicyclic) bond motifs is 3. The van der Waals surface area contributed by atoms with Gasteiger partial charge in [-0.1, -0.05) is 6.07 Å². The van der Waals surface area contributed by atoms with Gasteiger partial charge in [0, 0.05) is 24.7 Å². The van der Waals surface area contributed by atoms with Crippen molar-refractivity contribution >= 4 is 22.6 Å². The third-order valence-corrected chi connectivity index (χ3v) is 7.07. The maximum atomic E-state index is 15.0. The van der Waals surface area contributed by atoms with Crippen LogP contribution in [0.1, 0.15) is 66.1 Å². The first kappa shape index (κ1) is 21.5. The van der Waals surface area contributed by atoms with Gasteiger partial charge in [0.15, 0.2) is 5.69 Å². The second kappa shape index (κ2) is 7.33. The van der Waals surface area contributed by atoms with Crippen molar-refractivity contribution in [1.29, 1.82) is 0 Å². The minimum Gasteiger partial charge on any atom is -0.476 e. The zero-order valence-electron chi connectivity index (χ0n) is 18.4. The van der Waals surface area contributed by atoms with E-state index in [1.165, 1.54) is 10.8 Å². The van der Waals surface area contributed by atoms with Crippen LogP contribution in [-0.2, 0) is 12.0 Å². The first-order valence-electron chi connectivity index (χ1n) is 11.0. The Morgan fingerprint density at radius 2 is 2.06 bits per heavy atom. The minimum absolute atomic E-state index is 0.125. The first-order chi connectivity index (χ1) is 15.6. The molecule has 2 N–H and O–H groups in total. The fourth-order valence-corrected chi connectivity index (χ4v) is 5.44. The number of carboxylic acids is 1. The number of halogens is 2. The number of rotatable bonds is 4. The number of carbonyl (C=O) groups is 1. The molecule has 9 heteroatoms. The molecule has 0 bridgehead atoms. The van der Waals surface area contributed by atoms with Crippen LogP contribution in [0.5, 0.6) is 0 Å². The summed E-state index contributed by atoms with van der Waals surface area (Å²) in [6, 6.07) is 6.37. The Kier molecular flexibility index (Phi) is 4.77. The third kappa shape index (κ3) is 3.13. The van der Waals surface area contributed by atoms with Crippen molar-refractivity contribution in [2.75, 3.05) is 5.32 Å². The van der Waals surface area contributed by atoms with Crippen LogP contribution in [-0.4, -0.2) is 31.5 Å². The summed E-state index contributed by atoms with van der Waals surface area (Å²) in [7, 11) is 0. The lowest BCUT2D eigenvalue weighted by Gasteiger charge is -2.30. The molecule has 1 aromatic carbocycles. The van der Waals surface area contributed by atoms with Crippen molar-refractivity contribution < 1.29 is 18.7 Å². The Morgan fingerprint density at radius 1 is 1.27 bits per heavy atom. The van der Waals surface area contributed by atoms with Gasteiger partial charge in [0.2, 0.25) is 0 Å². The number of aromatic nitrogens is 3. The molecule has 2 aromatic heterocycles. The molecule has 7 nitrogen and oxygen atoms in total. The average Bonchev–Trinajstić information content (AvgIpc) is 3.29. The molecule has 0 radical (unpaired) electrons. The Bertz CT molecular complexity index is 1350. The van der Waals surface area contributed by atoms with Gasteiger partial charge in [-0.3, -0.25) is 9.36 Å². The lowest BCUT2D eigenvalue weighted by atomic mass is 9.81. The fraction of sp³-hybridized carbons (Fsp3) is 0.417. The van der Waals surface area contributed by atoms with Gasteiger partial charge in [-0.25, -0.2) is 23.5 Å². The molecule has 1 spiro atoms. The maximum Gasteiger partial charge on any atom is 0.356 e. The zero-order chi connectivity index (χ0) is 23.5. The Labute approximate surface area is 188 Å². The number of aryl methyl sites for hydroxylation is 1. The number of aromatic carboxylic acids is 1. The highest BCUT2D eigenvalue weighted by Gasteiger charge is 2.62. The highest BCUT2D eigenvalue weighted by atomic mass is 19.3. The number of anilines is 1. The van der Waals surface area contributed by atoms with Crippen molar-refractivity contribution in [2.45, 2.75) is 63.5 Å². The normalized spacial score (nSPS) is 21.9. The standard InChI is InChI=1S/C24H24F2N4O3/c1-13-11-15(14(2)28-17-5-3-9-27-19(17)21(32)33)18-16(12-13)20(31)30-10-8-23(22(30)29-18)6-4-7-24(23,25)26/h3,5,9,11-12,14,28H,4,6-8,10H2,1-2H3,(H,32,33)/t14-,23+/m1/s1. The average molecular weight is 454 g/mol. The van der Waals surface area contributed by atoms with Crippen LogP contribution in [0.4, 0.5) is 14.5 Å². The molecule has 172 valence electrons. The number of alkyl halides is 2. The summed E-state index contributed by atoms with van der Waals surface area (Å²) in [5.74, 6) is -3.90. The number of carboxylic acid groups (broad SMARTS) is 1. The van der Waals surface area contributed by atoms with Gasteiger partial charge in [0.25, 0.3) is 11.5 Å². The van der Waals surface area contributed by atoms with Gasteiger partial charge in [-0.05, 0) is 56.9 Å². The van der Waals surface area contributed by atoms with Gasteiger partial charge < -0.3 is 10.4 Å². The first-order valence-corrected chi connectivity index (χ1v) is 11.0. The summed E-state index contributed by atoms with van der Waals surface area (Å²) in [4.78, 5) is 33.6. The summed E-state index contributed by atoms with van der Waals surface area (Å²) >= 11 is 0. The number of nitrogens with zero attached hydrogens (tertiary/aromatic N) is 3. The van der Waals surface area contributed by atoms with E-state index in [0.29, 0.717) is 35.0 Å². The molecule has 2 atom stereocenters. The van der Waals surface area contributed by atoms with Gasteiger partial charge in [0.05, 0.1) is 28.0 Å². The summed E-state index contributed by atoms with van der Waals surface area (Å²) in [6.45, 7) is 3.91. The van der Waals surface area contributed by atoms with Crippen LogP contribution in [0.25, 0.3) is 10.9 Å². The maximum absolute atomic E-state index is 15.0. The Hall–Kier alpha value is -3.36.